The number of hydrazone groups is 1. The van der Waals surface area contributed by atoms with Crippen molar-refractivity contribution in [1.82, 2.24) is 5.43 Å². The van der Waals surface area contributed by atoms with E-state index in [1.165, 1.54) is 18.3 Å². The average Bonchev–Trinajstić information content (AvgIpc) is 2.78. The van der Waals surface area contributed by atoms with Gasteiger partial charge in [0.15, 0.2) is 0 Å². The first-order chi connectivity index (χ1) is 14.9. The second-order valence-corrected chi connectivity index (χ2v) is 9.15. The molecule has 0 fully saturated rings. The van der Waals surface area contributed by atoms with Gasteiger partial charge in [-0.2, -0.15) is 5.10 Å². The van der Waals surface area contributed by atoms with E-state index < -0.39 is 22.5 Å². The van der Waals surface area contributed by atoms with Crippen molar-refractivity contribution in [2.45, 2.75) is 4.90 Å². The Morgan fingerprint density at radius 1 is 1.06 bits per heavy atom. The summed E-state index contributed by atoms with van der Waals surface area (Å²) in [5.41, 5.74) is 3.45. The van der Waals surface area contributed by atoms with Crippen molar-refractivity contribution in [3.05, 3.63) is 88.9 Å². The lowest BCUT2D eigenvalue weighted by molar-refractivity contribution is -0.119. The summed E-state index contributed by atoms with van der Waals surface area (Å²) < 4.78 is 33.3. The zero-order valence-electron chi connectivity index (χ0n) is 16.6. The normalized spacial score (nSPS) is 11.3. The lowest BCUT2D eigenvalue weighted by Crippen LogP contribution is -2.39. The summed E-state index contributed by atoms with van der Waals surface area (Å²) in [6.07, 6.45) is 1.45. The third kappa shape index (κ3) is 5.93. The third-order valence-corrected chi connectivity index (χ3v) is 6.49. The van der Waals surface area contributed by atoms with Crippen molar-refractivity contribution >= 4 is 43.8 Å². The number of rotatable bonds is 8. The molecule has 0 heterocycles. The van der Waals surface area contributed by atoms with Crippen LogP contribution in [0.1, 0.15) is 5.56 Å². The number of hydrogen-bond donors (Lipinski definition) is 1. The number of nitrogens with zero attached hydrogens (tertiary/aromatic N) is 2. The number of halogens is 1. The molecule has 0 aromatic heterocycles. The second-order valence-electron chi connectivity index (χ2n) is 6.37. The zero-order valence-corrected chi connectivity index (χ0v) is 19.0. The van der Waals surface area contributed by atoms with Crippen LogP contribution in [0.3, 0.4) is 0 Å². The molecule has 0 saturated carbocycles. The summed E-state index contributed by atoms with van der Waals surface area (Å²) in [6.45, 7) is -0.441. The highest BCUT2D eigenvalue weighted by Gasteiger charge is 2.27. The van der Waals surface area contributed by atoms with E-state index in [2.05, 4.69) is 26.5 Å². The van der Waals surface area contributed by atoms with E-state index in [1.807, 2.05) is 0 Å². The Hall–Kier alpha value is -3.17. The standard InChI is InChI=1S/C22H20BrN3O4S/c1-30-20-10-5-7-17(13-20)15-24-25-22(27)16-26(19-9-6-8-18(23)14-19)31(28,29)21-11-3-2-4-12-21/h2-15H,16H2,1H3,(H,25,27)/b24-15-. The minimum Gasteiger partial charge on any atom is -0.497 e. The summed E-state index contributed by atoms with van der Waals surface area (Å²) in [5, 5.41) is 3.93. The summed E-state index contributed by atoms with van der Waals surface area (Å²) in [5.74, 6) is 0.0729. The number of nitrogens with one attached hydrogen (secondary N) is 1. The van der Waals surface area contributed by atoms with Crippen molar-refractivity contribution in [1.29, 1.82) is 0 Å². The van der Waals surface area contributed by atoms with E-state index in [-0.39, 0.29) is 4.90 Å². The fraction of sp³-hybridized carbons (Fsp3) is 0.0909. The summed E-state index contributed by atoms with van der Waals surface area (Å²) in [6, 6.07) is 21.8. The highest BCUT2D eigenvalue weighted by Crippen LogP contribution is 2.26. The van der Waals surface area contributed by atoms with Crippen molar-refractivity contribution < 1.29 is 17.9 Å². The highest BCUT2D eigenvalue weighted by atomic mass is 79.9. The van der Waals surface area contributed by atoms with Crippen molar-refractivity contribution in [2.75, 3.05) is 18.0 Å². The Morgan fingerprint density at radius 2 is 1.81 bits per heavy atom. The number of sulfonamides is 1. The molecule has 0 atom stereocenters. The SMILES string of the molecule is COc1cccc(/C=N\NC(=O)CN(c2cccc(Br)c2)S(=O)(=O)c2ccccc2)c1. The van der Waals surface area contributed by atoms with Crippen molar-refractivity contribution in [2.24, 2.45) is 5.10 Å². The predicted molar refractivity (Wildman–Crippen MR) is 124 cm³/mol. The minimum absolute atomic E-state index is 0.0858. The van der Waals surface area contributed by atoms with Crippen LogP contribution in [0, 0.1) is 0 Å². The van der Waals surface area contributed by atoms with Gasteiger partial charge in [-0.15, -0.1) is 0 Å². The molecule has 7 nitrogen and oxygen atoms in total. The van der Waals surface area contributed by atoms with Crippen LogP contribution in [0.2, 0.25) is 0 Å². The quantitative estimate of drug-likeness (QED) is 0.375. The molecule has 0 saturated heterocycles. The molecule has 1 N–H and O–H groups in total. The number of carbonyl (C=O) groups is 1. The third-order valence-electron chi connectivity index (χ3n) is 4.21. The summed E-state index contributed by atoms with van der Waals surface area (Å²) in [4.78, 5) is 12.6. The van der Waals surface area contributed by atoms with Gasteiger partial charge in [0.1, 0.15) is 12.3 Å². The zero-order chi connectivity index (χ0) is 22.3. The van der Waals surface area contributed by atoms with Crippen LogP contribution in [0.4, 0.5) is 5.69 Å². The number of amides is 1. The maximum absolute atomic E-state index is 13.2. The molecule has 9 heteroatoms. The molecule has 160 valence electrons. The van der Waals surface area contributed by atoms with Gasteiger partial charge in [0.05, 0.1) is 23.9 Å². The first kappa shape index (κ1) is 22.5. The van der Waals surface area contributed by atoms with Crippen LogP contribution in [0.25, 0.3) is 0 Å². The van der Waals surface area contributed by atoms with Gasteiger partial charge < -0.3 is 4.74 Å². The lowest BCUT2D eigenvalue weighted by atomic mass is 10.2. The Labute approximate surface area is 189 Å². The van der Waals surface area contributed by atoms with Gasteiger partial charge in [-0.1, -0.05) is 52.3 Å². The van der Waals surface area contributed by atoms with Crippen LogP contribution in [-0.2, 0) is 14.8 Å². The van der Waals surface area contributed by atoms with Crippen LogP contribution in [0.5, 0.6) is 5.75 Å². The summed E-state index contributed by atoms with van der Waals surface area (Å²) >= 11 is 3.34. The Bertz CT molecular complexity index is 1180. The molecular formula is C22H20BrN3O4S. The number of hydrogen-bond acceptors (Lipinski definition) is 5. The maximum atomic E-state index is 13.2. The fourth-order valence-electron chi connectivity index (χ4n) is 2.73. The monoisotopic (exact) mass is 501 g/mol. The number of benzene rings is 3. The maximum Gasteiger partial charge on any atom is 0.264 e. The van der Waals surface area contributed by atoms with E-state index in [9.17, 15) is 13.2 Å². The molecular weight excluding hydrogens is 482 g/mol. The molecule has 0 unspecified atom stereocenters. The number of methoxy groups -OCH3 is 1. The molecule has 0 aliphatic heterocycles. The molecule has 1 amide bonds. The molecule has 3 rings (SSSR count). The highest BCUT2D eigenvalue weighted by molar-refractivity contribution is 9.10. The number of ether oxygens (including phenoxy) is 1. The first-order valence-electron chi connectivity index (χ1n) is 9.19. The van der Waals surface area contributed by atoms with E-state index >= 15 is 0 Å². The predicted octanol–water partition coefficient (Wildman–Crippen LogP) is 3.80. The Balaban J connectivity index is 1.81. The van der Waals surface area contributed by atoms with Gasteiger partial charge in [-0.25, -0.2) is 13.8 Å². The van der Waals surface area contributed by atoms with Gasteiger partial charge in [0.2, 0.25) is 0 Å². The van der Waals surface area contributed by atoms with Gasteiger partial charge in [-0.3, -0.25) is 9.10 Å². The lowest BCUT2D eigenvalue weighted by Gasteiger charge is -2.23. The molecule has 0 aliphatic carbocycles. The van der Waals surface area contributed by atoms with Gasteiger partial charge in [-0.05, 0) is 48.0 Å². The van der Waals surface area contributed by atoms with Crippen LogP contribution < -0.4 is 14.5 Å². The first-order valence-corrected chi connectivity index (χ1v) is 11.4. The van der Waals surface area contributed by atoms with E-state index in [1.54, 1.807) is 73.8 Å². The van der Waals surface area contributed by atoms with E-state index in [0.717, 1.165) is 9.87 Å². The Morgan fingerprint density at radius 3 is 2.52 bits per heavy atom. The molecule has 0 aliphatic rings. The largest absolute Gasteiger partial charge is 0.497 e. The van der Waals surface area contributed by atoms with Gasteiger partial charge in [0, 0.05) is 4.47 Å². The van der Waals surface area contributed by atoms with Crippen molar-refractivity contribution in [3.63, 3.8) is 0 Å². The van der Waals surface area contributed by atoms with Gasteiger partial charge in [0.25, 0.3) is 15.9 Å². The smallest absolute Gasteiger partial charge is 0.264 e. The Kier molecular flexibility index (Phi) is 7.43. The fourth-order valence-corrected chi connectivity index (χ4v) is 4.55. The summed E-state index contributed by atoms with van der Waals surface area (Å²) in [7, 11) is -2.41. The molecule has 0 spiro atoms. The van der Waals surface area contributed by atoms with Crippen molar-refractivity contribution in [3.8, 4) is 5.75 Å². The van der Waals surface area contributed by atoms with Gasteiger partial charge >= 0.3 is 0 Å². The molecule has 3 aromatic rings. The molecule has 0 bridgehead atoms. The molecule has 3 aromatic carbocycles. The molecule has 0 radical (unpaired) electrons. The average molecular weight is 502 g/mol. The number of anilines is 1. The van der Waals surface area contributed by atoms with Crippen LogP contribution >= 0.6 is 15.9 Å². The second kappa shape index (κ2) is 10.2. The molecule has 31 heavy (non-hydrogen) atoms. The minimum atomic E-state index is -3.97. The van der Waals surface area contributed by atoms with Crippen LogP contribution in [-0.4, -0.2) is 34.2 Å². The topological polar surface area (TPSA) is 88.1 Å². The number of carbonyl (C=O) groups excluding carboxylic acids is 1. The van der Waals surface area contributed by atoms with E-state index in [0.29, 0.717) is 15.9 Å². The van der Waals surface area contributed by atoms with Crippen LogP contribution in [0.15, 0.2) is 93.3 Å². The van der Waals surface area contributed by atoms with E-state index in [4.69, 9.17) is 4.74 Å².